The molecule has 0 saturated heterocycles. The van der Waals surface area contributed by atoms with Crippen molar-refractivity contribution in [2.45, 2.75) is 13.8 Å². The Hall–Kier alpha value is -1.32. The standard InChI is InChI=1S/C7H11NO3/c1-5(2)6(8-4-9)7(10)11-3/h4H,1-3H3,(H,8,9). The molecule has 0 aromatic rings. The first kappa shape index (κ1) is 9.68. The number of amides is 1. The Labute approximate surface area is 65.2 Å². The molecular formula is C7H11NO3. The highest BCUT2D eigenvalue weighted by atomic mass is 16.5. The van der Waals surface area contributed by atoms with Crippen molar-refractivity contribution in [2.75, 3.05) is 7.11 Å². The van der Waals surface area contributed by atoms with Crippen LogP contribution in [0.15, 0.2) is 11.3 Å². The van der Waals surface area contributed by atoms with Gasteiger partial charge in [-0.15, -0.1) is 0 Å². The summed E-state index contributed by atoms with van der Waals surface area (Å²) in [4.78, 5) is 20.8. The summed E-state index contributed by atoms with van der Waals surface area (Å²) in [5.74, 6) is -0.530. The zero-order chi connectivity index (χ0) is 8.85. The second kappa shape index (κ2) is 4.49. The van der Waals surface area contributed by atoms with Gasteiger partial charge in [-0.25, -0.2) is 4.79 Å². The third-order valence-corrected chi connectivity index (χ3v) is 1.09. The van der Waals surface area contributed by atoms with Gasteiger partial charge in [0.2, 0.25) is 6.41 Å². The van der Waals surface area contributed by atoms with Crippen molar-refractivity contribution < 1.29 is 14.3 Å². The van der Waals surface area contributed by atoms with Gasteiger partial charge in [0.1, 0.15) is 5.70 Å². The summed E-state index contributed by atoms with van der Waals surface area (Å²) in [6, 6.07) is 0. The number of nitrogens with one attached hydrogen (secondary N) is 1. The first-order valence-electron chi connectivity index (χ1n) is 3.09. The molecule has 0 atom stereocenters. The number of hydrogen-bond donors (Lipinski definition) is 1. The lowest BCUT2D eigenvalue weighted by Gasteiger charge is -2.04. The molecule has 0 aliphatic rings. The normalized spacial score (nSPS) is 8.27. The number of ether oxygens (including phenoxy) is 1. The predicted molar refractivity (Wildman–Crippen MR) is 39.6 cm³/mol. The minimum atomic E-state index is -0.530. The van der Waals surface area contributed by atoms with Crippen LogP contribution in [-0.2, 0) is 14.3 Å². The quantitative estimate of drug-likeness (QED) is 0.361. The predicted octanol–water partition coefficient (Wildman–Crippen LogP) is 0.199. The van der Waals surface area contributed by atoms with E-state index in [4.69, 9.17) is 0 Å². The van der Waals surface area contributed by atoms with E-state index in [2.05, 4.69) is 10.1 Å². The maximum Gasteiger partial charge on any atom is 0.354 e. The summed E-state index contributed by atoms with van der Waals surface area (Å²) in [7, 11) is 1.26. The van der Waals surface area contributed by atoms with Crippen LogP contribution in [0.3, 0.4) is 0 Å². The lowest BCUT2D eigenvalue weighted by atomic mass is 10.2. The number of carbonyl (C=O) groups is 2. The van der Waals surface area contributed by atoms with Crippen molar-refractivity contribution in [3.8, 4) is 0 Å². The summed E-state index contributed by atoms with van der Waals surface area (Å²) in [5, 5.41) is 2.26. The number of allylic oxidation sites excluding steroid dienone is 1. The van der Waals surface area contributed by atoms with Crippen LogP contribution in [-0.4, -0.2) is 19.5 Å². The first-order chi connectivity index (χ1) is 5.13. The molecule has 0 rings (SSSR count). The molecule has 1 N–H and O–H groups in total. The lowest BCUT2D eigenvalue weighted by molar-refractivity contribution is -0.137. The topological polar surface area (TPSA) is 55.4 Å². The second-order valence-electron chi connectivity index (χ2n) is 2.13. The van der Waals surface area contributed by atoms with Crippen molar-refractivity contribution in [1.29, 1.82) is 0 Å². The van der Waals surface area contributed by atoms with Gasteiger partial charge >= 0.3 is 5.97 Å². The average Bonchev–Trinajstić information content (AvgIpc) is 1.98. The number of rotatable bonds is 3. The number of carbonyl (C=O) groups excluding carboxylic acids is 2. The van der Waals surface area contributed by atoms with Gasteiger partial charge in [-0.1, -0.05) is 0 Å². The van der Waals surface area contributed by atoms with Crippen molar-refractivity contribution in [2.24, 2.45) is 0 Å². The summed E-state index contributed by atoms with van der Waals surface area (Å²) in [5.41, 5.74) is 0.909. The molecule has 0 saturated carbocycles. The highest BCUT2D eigenvalue weighted by molar-refractivity contribution is 5.90. The molecule has 0 bridgehead atoms. The van der Waals surface area contributed by atoms with Gasteiger partial charge in [-0.3, -0.25) is 4.79 Å². The molecule has 62 valence electrons. The Kier molecular flexibility index (Phi) is 3.95. The molecule has 4 nitrogen and oxygen atoms in total. The van der Waals surface area contributed by atoms with Crippen molar-refractivity contribution in [3.05, 3.63) is 11.3 Å². The number of methoxy groups -OCH3 is 1. The molecule has 0 radical (unpaired) electrons. The zero-order valence-corrected chi connectivity index (χ0v) is 6.80. The summed E-state index contributed by atoms with van der Waals surface area (Å²) < 4.78 is 4.41. The van der Waals surface area contributed by atoms with E-state index in [1.807, 2.05) is 0 Å². The molecule has 4 heteroatoms. The van der Waals surface area contributed by atoms with E-state index in [9.17, 15) is 9.59 Å². The van der Waals surface area contributed by atoms with Crippen LogP contribution in [0.2, 0.25) is 0 Å². The van der Waals surface area contributed by atoms with E-state index in [1.165, 1.54) is 7.11 Å². The van der Waals surface area contributed by atoms with Crippen LogP contribution in [0, 0.1) is 0 Å². The Bertz CT molecular complexity index is 192. The highest BCUT2D eigenvalue weighted by Gasteiger charge is 2.09. The number of esters is 1. The van der Waals surface area contributed by atoms with Crippen LogP contribution >= 0.6 is 0 Å². The smallest absolute Gasteiger partial charge is 0.354 e. The van der Waals surface area contributed by atoms with E-state index < -0.39 is 5.97 Å². The molecule has 0 aliphatic heterocycles. The van der Waals surface area contributed by atoms with Crippen molar-refractivity contribution >= 4 is 12.4 Å². The number of hydrogen-bond acceptors (Lipinski definition) is 3. The Balaban J connectivity index is 4.48. The molecule has 0 unspecified atom stereocenters. The van der Waals surface area contributed by atoms with Gasteiger partial charge in [-0.2, -0.15) is 0 Å². The fraction of sp³-hybridized carbons (Fsp3) is 0.429. The molecule has 0 heterocycles. The fourth-order valence-corrected chi connectivity index (χ4v) is 0.568. The van der Waals surface area contributed by atoms with E-state index in [1.54, 1.807) is 13.8 Å². The summed E-state index contributed by atoms with van der Waals surface area (Å²) in [6.45, 7) is 3.42. The molecule has 1 amide bonds. The Morgan fingerprint density at radius 2 is 2.00 bits per heavy atom. The molecule has 0 aliphatic carbocycles. The SMILES string of the molecule is COC(=O)C(NC=O)=C(C)C. The summed E-state index contributed by atoms with van der Waals surface area (Å²) >= 11 is 0. The maximum atomic E-state index is 10.8. The van der Waals surface area contributed by atoms with Gasteiger partial charge in [-0.05, 0) is 19.4 Å². The fourth-order valence-electron chi connectivity index (χ4n) is 0.568. The van der Waals surface area contributed by atoms with Crippen molar-refractivity contribution in [1.82, 2.24) is 5.32 Å². The van der Waals surface area contributed by atoms with Crippen LogP contribution in [0.1, 0.15) is 13.8 Å². The molecular weight excluding hydrogens is 146 g/mol. The third-order valence-electron chi connectivity index (χ3n) is 1.09. The van der Waals surface area contributed by atoms with Crippen molar-refractivity contribution in [3.63, 3.8) is 0 Å². The monoisotopic (exact) mass is 157 g/mol. The first-order valence-corrected chi connectivity index (χ1v) is 3.09. The summed E-state index contributed by atoms with van der Waals surface area (Å²) in [6.07, 6.45) is 0.444. The van der Waals surface area contributed by atoms with E-state index >= 15 is 0 Å². The van der Waals surface area contributed by atoms with Gasteiger partial charge in [0.15, 0.2) is 0 Å². The molecule has 0 aromatic heterocycles. The van der Waals surface area contributed by atoms with Crippen LogP contribution < -0.4 is 5.32 Å². The second-order valence-corrected chi connectivity index (χ2v) is 2.13. The maximum absolute atomic E-state index is 10.8. The minimum Gasteiger partial charge on any atom is -0.464 e. The Morgan fingerprint density at radius 3 is 2.27 bits per heavy atom. The third kappa shape index (κ3) is 2.84. The Morgan fingerprint density at radius 1 is 1.45 bits per heavy atom. The van der Waals surface area contributed by atoms with E-state index in [0.717, 1.165) is 0 Å². The van der Waals surface area contributed by atoms with Crippen LogP contribution in [0.5, 0.6) is 0 Å². The van der Waals surface area contributed by atoms with Gasteiger partial charge < -0.3 is 10.1 Å². The van der Waals surface area contributed by atoms with E-state index in [0.29, 0.717) is 12.0 Å². The van der Waals surface area contributed by atoms with Gasteiger partial charge in [0.05, 0.1) is 7.11 Å². The molecule has 0 spiro atoms. The van der Waals surface area contributed by atoms with Gasteiger partial charge in [0.25, 0.3) is 0 Å². The van der Waals surface area contributed by atoms with E-state index in [-0.39, 0.29) is 5.70 Å². The molecule has 11 heavy (non-hydrogen) atoms. The largest absolute Gasteiger partial charge is 0.464 e. The highest BCUT2D eigenvalue weighted by Crippen LogP contribution is 1.99. The van der Waals surface area contributed by atoms with Crippen LogP contribution in [0.4, 0.5) is 0 Å². The van der Waals surface area contributed by atoms with Crippen LogP contribution in [0.25, 0.3) is 0 Å². The molecule has 0 aromatic carbocycles. The molecule has 0 fully saturated rings. The zero-order valence-electron chi connectivity index (χ0n) is 6.80. The lowest BCUT2D eigenvalue weighted by Crippen LogP contribution is -2.21. The minimum absolute atomic E-state index is 0.197. The van der Waals surface area contributed by atoms with Gasteiger partial charge in [0, 0.05) is 0 Å². The average molecular weight is 157 g/mol.